The van der Waals surface area contributed by atoms with E-state index >= 15 is 0 Å². The Bertz CT molecular complexity index is 865. The highest BCUT2D eigenvalue weighted by molar-refractivity contribution is 6.19. The molecule has 0 fully saturated rings. The molecule has 1 amide bonds. The van der Waals surface area contributed by atoms with Crippen molar-refractivity contribution in [1.29, 1.82) is 0 Å². The van der Waals surface area contributed by atoms with Crippen LogP contribution in [-0.4, -0.2) is 43.2 Å². The number of amides is 1. The average Bonchev–Trinajstić information content (AvgIpc) is 3.18. The molecular weight excluding hydrogens is 308 g/mol. The van der Waals surface area contributed by atoms with E-state index in [0.717, 1.165) is 18.1 Å². The standard InChI is InChI=1S/C17H16N4O3/c1-10-13(16(22)20-11-3-5-12(23-2)6-4-11)14-15-18-7-8-21(15)9-19-17(14)24-10/h3-6,9H,7-8H2,1-2H3,(H,20,22). The predicted octanol–water partition coefficient (Wildman–Crippen LogP) is 2.58. The van der Waals surface area contributed by atoms with Crippen molar-refractivity contribution in [3.63, 3.8) is 0 Å². The molecule has 2 aliphatic rings. The van der Waals surface area contributed by atoms with Crippen LogP contribution in [0.2, 0.25) is 0 Å². The van der Waals surface area contributed by atoms with Gasteiger partial charge in [0.05, 0.1) is 24.8 Å². The first-order valence-electron chi connectivity index (χ1n) is 7.62. The summed E-state index contributed by atoms with van der Waals surface area (Å²) in [6.45, 7) is 3.21. The maximum Gasteiger partial charge on any atom is 0.260 e. The zero-order valence-corrected chi connectivity index (χ0v) is 13.4. The normalized spacial score (nSPS) is 14.9. The molecule has 7 nitrogen and oxygen atoms in total. The molecule has 1 N–H and O–H groups in total. The zero-order chi connectivity index (χ0) is 16.7. The summed E-state index contributed by atoms with van der Waals surface area (Å²) in [5.41, 5.74) is 1.82. The second kappa shape index (κ2) is 5.52. The first-order valence-corrected chi connectivity index (χ1v) is 7.62. The van der Waals surface area contributed by atoms with Crippen molar-refractivity contribution in [2.75, 3.05) is 25.5 Å². The molecule has 4 rings (SSSR count). The highest BCUT2D eigenvalue weighted by Gasteiger charge is 2.33. The van der Waals surface area contributed by atoms with Gasteiger partial charge in [0.2, 0.25) is 5.88 Å². The third-order valence-electron chi connectivity index (χ3n) is 4.05. The predicted molar refractivity (Wildman–Crippen MR) is 90.7 cm³/mol. The lowest BCUT2D eigenvalue weighted by molar-refractivity contribution is 0.102. The van der Waals surface area contributed by atoms with E-state index in [1.165, 1.54) is 0 Å². The van der Waals surface area contributed by atoms with E-state index in [1.807, 2.05) is 4.90 Å². The number of amidine groups is 1. The number of furan rings is 1. The van der Waals surface area contributed by atoms with Crippen LogP contribution in [0.1, 0.15) is 21.7 Å². The molecular formula is C17H16N4O3. The number of aryl methyl sites for hydroxylation is 1. The molecule has 0 bridgehead atoms. The Labute approximate surface area is 138 Å². The molecule has 7 heteroatoms. The maximum absolute atomic E-state index is 12.8. The Morgan fingerprint density at radius 3 is 2.88 bits per heavy atom. The van der Waals surface area contributed by atoms with Gasteiger partial charge >= 0.3 is 0 Å². The van der Waals surface area contributed by atoms with Crippen LogP contribution in [0.15, 0.2) is 38.7 Å². The van der Waals surface area contributed by atoms with E-state index in [9.17, 15) is 4.79 Å². The maximum atomic E-state index is 12.8. The van der Waals surface area contributed by atoms with Crippen LogP contribution >= 0.6 is 0 Å². The van der Waals surface area contributed by atoms with Crippen molar-refractivity contribution in [1.82, 2.24) is 4.90 Å². The summed E-state index contributed by atoms with van der Waals surface area (Å²) in [5.74, 6) is 2.20. The minimum absolute atomic E-state index is 0.241. The molecule has 2 aliphatic heterocycles. The van der Waals surface area contributed by atoms with Gasteiger partial charge in [-0.2, -0.15) is 0 Å². The number of rotatable bonds is 3. The van der Waals surface area contributed by atoms with Gasteiger partial charge in [-0.3, -0.25) is 9.79 Å². The van der Waals surface area contributed by atoms with Crippen molar-refractivity contribution < 1.29 is 13.9 Å². The van der Waals surface area contributed by atoms with Crippen molar-refractivity contribution in [2.24, 2.45) is 9.98 Å². The molecule has 0 saturated carbocycles. The first kappa shape index (κ1) is 14.5. The topological polar surface area (TPSA) is 79.4 Å². The summed E-state index contributed by atoms with van der Waals surface area (Å²) < 4.78 is 10.8. The van der Waals surface area contributed by atoms with Crippen LogP contribution in [0.25, 0.3) is 0 Å². The lowest BCUT2D eigenvalue weighted by atomic mass is 10.1. The summed E-state index contributed by atoms with van der Waals surface area (Å²) in [6, 6.07) is 7.16. The quantitative estimate of drug-likeness (QED) is 0.941. The SMILES string of the molecule is COc1ccc(NC(=O)c2c(C)oc3c2C2=NCCN2C=N3)cc1. The van der Waals surface area contributed by atoms with Crippen LogP contribution in [0.3, 0.4) is 0 Å². The minimum Gasteiger partial charge on any atom is -0.497 e. The molecule has 1 aromatic heterocycles. The minimum atomic E-state index is -0.241. The Morgan fingerprint density at radius 2 is 2.12 bits per heavy atom. The number of carbonyl (C=O) groups excluding carboxylic acids is 1. The Morgan fingerprint density at radius 1 is 1.33 bits per heavy atom. The lowest BCUT2D eigenvalue weighted by Gasteiger charge is -2.18. The van der Waals surface area contributed by atoms with Gasteiger partial charge in [-0.25, -0.2) is 4.99 Å². The van der Waals surface area contributed by atoms with E-state index in [1.54, 1.807) is 44.6 Å². The van der Waals surface area contributed by atoms with Crippen LogP contribution in [0.5, 0.6) is 5.75 Å². The number of anilines is 1. The second-order valence-electron chi connectivity index (χ2n) is 5.54. The van der Waals surface area contributed by atoms with E-state index in [2.05, 4.69) is 15.3 Å². The molecule has 122 valence electrons. The fourth-order valence-corrected chi connectivity index (χ4v) is 2.89. The van der Waals surface area contributed by atoms with Crippen molar-refractivity contribution in [3.8, 4) is 5.75 Å². The fourth-order valence-electron chi connectivity index (χ4n) is 2.89. The first-order chi connectivity index (χ1) is 11.7. The van der Waals surface area contributed by atoms with E-state index in [4.69, 9.17) is 9.15 Å². The Kier molecular flexibility index (Phi) is 3.34. The van der Waals surface area contributed by atoms with Gasteiger partial charge in [-0.15, -0.1) is 0 Å². The van der Waals surface area contributed by atoms with Crippen molar-refractivity contribution in [3.05, 3.63) is 41.2 Å². The van der Waals surface area contributed by atoms with Crippen molar-refractivity contribution >= 4 is 29.7 Å². The second-order valence-corrected chi connectivity index (χ2v) is 5.54. The monoisotopic (exact) mass is 324 g/mol. The number of nitrogens with zero attached hydrogens (tertiary/aromatic N) is 3. The molecule has 0 spiro atoms. The summed E-state index contributed by atoms with van der Waals surface area (Å²) in [5, 5.41) is 2.89. The Hall–Kier alpha value is -3.09. The number of carbonyl (C=O) groups is 1. The van der Waals surface area contributed by atoms with Crippen LogP contribution in [0, 0.1) is 6.92 Å². The number of nitrogens with one attached hydrogen (secondary N) is 1. The molecule has 0 unspecified atom stereocenters. The average molecular weight is 324 g/mol. The highest BCUT2D eigenvalue weighted by Crippen LogP contribution is 2.34. The fraction of sp³-hybridized carbons (Fsp3) is 0.235. The number of ether oxygens (including phenoxy) is 1. The number of aliphatic imine (C=N–C) groups is 2. The van der Waals surface area contributed by atoms with Crippen LogP contribution < -0.4 is 10.1 Å². The van der Waals surface area contributed by atoms with Gasteiger partial charge in [0.1, 0.15) is 23.7 Å². The number of methoxy groups -OCH3 is 1. The van der Waals surface area contributed by atoms with Crippen LogP contribution in [0.4, 0.5) is 11.6 Å². The molecule has 0 radical (unpaired) electrons. The summed E-state index contributed by atoms with van der Waals surface area (Å²) in [7, 11) is 1.60. The molecule has 0 saturated heterocycles. The van der Waals surface area contributed by atoms with E-state index < -0.39 is 0 Å². The van der Waals surface area contributed by atoms with Crippen LogP contribution in [-0.2, 0) is 0 Å². The lowest BCUT2D eigenvalue weighted by Crippen LogP contribution is -2.30. The third-order valence-corrected chi connectivity index (χ3v) is 4.05. The number of hydrogen-bond acceptors (Lipinski definition) is 6. The molecule has 0 atom stereocenters. The third kappa shape index (κ3) is 2.25. The molecule has 24 heavy (non-hydrogen) atoms. The largest absolute Gasteiger partial charge is 0.497 e. The number of hydrogen-bond donors (Lipinski definition) is 1. The smallest absolute Gasteiger partial charge is 0.260 e. The summed E-state index contributed by atoms with van der Waals surface area (Å²) in [6.07, 6.45) is 1.70. The van der Waals surface area contributed by atoms with E-state index in [-0.39, 0.29) is 5.91 Å². The zero-order valence-electron chi connectivity index (χ0n) is 13.4. The van der Waals surface area contributed by atoms with Gasteiger partial charge in [0, 0.05) is 12.2 Å². The van der Waals surface area contributed by atoms with Gasteiger partial charge in [-0.1, -0.05) is 0 Å². The van der Waals surface area contributed by atoms with Gasteiger partial charge in [0.25, 0.3) is 5.91 Å². The molecule has 1 aromatic carbocycles. The van der Waals surface area contributed by atoms with Gasteiger partial charge in [0.15, 0.2) is 0 Å². The molecule has 2 aromatic rings. The number of benzene rings is 1. The van der Waals surface area contributed by atoms with Crippen molar-refractivity contribution in [2.45, 2.75) is 6.92 Å². The van der Waals surface area contributed by atoms with E-state index in [0.29, 0.717) is 35.0 Å². The molecule has 3 heterocycles. The van der Waals surface area contributed by atoms with Gasteiger partial charge in [-0.05, 0) is 31.2 Å². The highest BCUT2D eigenvalue weighted by atomic mass is 16.5. The van der Waals surface area contributed by atoms with Gasteiger partial charge < -0.3 is 19.4 Å². The summed E-state index contributed by atoms with van der Waals surface area (Å²) >= 11 is 0. The Balaban J connectivity index is 1.68. The number of fused-ring (bicyclic) bond motifs is 3. The summed E-state index contributed by atoms with van der Waals surface area (Å²) in [4.78, 5) is 23.5. The molecule has 0 aliphatic carbocycles.